The molecule has 0 fully saturated rings. The molecule has 0 saturated heterocycles. The fraction of sp³-hybridized carbons (Fsp3) is 0.467. The zero-order valence-corrected chi connectivity index (χ0v) is 12.2. The zero-order valence-electron chi connectivity index (χ0n) is 12.2. The van der Waals surface area contributed by atoms with E-state index >= 15 is 0 Å². The van der Waals surface area contributed by atoms with Crippen LogP contribution in [-0.4, -0.2) is 35.6 Å². The molecule has 0 radical (unpaired) electrons. The lowest BCUT2D eigenvalue weighted by molar-refractivity contribution is -0.147. The van der Waals surface area contributed by atoms with E-state index in [1.807, 2.05) is 30.3 Å². The van der Waals surface area contributed by atoms with Gasteiger partial charge in [0.05, 0.1) is 5.41 Å². The average Bonchev–Trinajstić information content (AvgIpc) is 2.45. The molecule has 20 heavy (non-hydrogen) atoms. The first-order valence-electron chi connectivity index (χ1n) is 6.65. The molecule has 0 bridgehead atoms. The quantitative estimate of drug-likeness (QED) is 0.839. The first kappa shape index (κ1) is 16.0. The van der Waals surface area contributed by atoms with Gasteiger partial charge in [-0.3, -0.25) is 4.79 Å². The number of carboxylic acids is 1. The monoisotopic (exact) mass is 278 g/mol. The van der Waals surface area contributed by atoms with Crippen molar-refractivity contribution in [2.24, 2.45) is 5.41 Å². The number of nitrogens with zero attached hydrogens (tertiary/aromatic N) is 1. The minimum atomic E-state index is -0.927. The van der Waals surface area contributed by atoms with E-state index in [1.54, 1.807) is 20.9 Å². The molecule has 0 heterocycles. The van der Waals surface area contributed by atoms with E-state index in [4.69, 9.17) is 5.11 Å². The lowest BCUT2D eigenvalue weighted by Gasteiger charge is -2.25. The van der Waals surface area contributed by atoms with Crippen molar-refractivity contribution >= 4 is 12.0 Å². The molecule has 0 aromatic heterocycles. The number of benzene rings is 1. The van der Waals surface area contributed by atoms with Crippen LogP contribution in [-0.2, 0) is 11.3 Å². The lowest BCUT2D eigenvalue weighted by Crippen LogP contribution is -2.45. The summed E-state index contributed by atoms with van der Waals surface area (Å²) in [6.45, 7) is 4.04. The summed E-state index contributed by atoms with van der Waals surface area (Å²) in [4.78, 5) is 24.7. The van der Waals surface area contributed by atoms with Crippen LogP contribution in [0.25, 0.3) is 0 Å². The van der Waals surface area contributed by atoms with Crippen LogP contribution in [0.1, 0.15) is 25.8 Å². The molecule has 5 nitrogen and oxygen atoms in total. The Morgan fingerprint density at radius 2 is 1.90 bits per heavy atom. The number of carboxylic acid groups (broad SMARTS) is 1. The van der Waals surface area contributed by atoms with Crippen LogP contribution in [0.15, 0.2) is 30.3 Å². The van der Waals surface area contributed by atoms with Crippen molar-refractivity contribution < 1.29 is 14.7 Å². The summed E-state index contributed by atoms with van der Waals surface area (Å²) in [5, 5.41) is 11.8. The highest BCUT2D eigenvalue weighted by Gasteiger charge is 2.31. The van der Waals surface area contributed by atoms with E-state index in [0.717, 1.165) is 5.56 Å². The highest BCUT2D eigenvalue weighted by Crippen LogP contribution is 2.19. The molecule has 0 aliphatic heterocycles. The van der Waals surface area contributed by atoms with E-state index in [1.165, 1.54) is 4.90 Å². The van der Waals surface area contributed by atoms with Gasteiger partial charge < -0.3 is 15.3 Å². The summed E-state index contributed by atoms with van der Waals surface area (Å²) >= 11 is 0. The van der Waals surface area contributed by atoms with Gasteiger partial charge in [-0.25, -0.2) is 4.79 Å². The van der Waals surface area contributed by atoms with Crippen LogP contribution in [0.2, 0.25) is 0 Å². The molecule has 1 aromatic rings. The van der Waals surface area contributed by atoms with Gasteiger partial charge in [0, 0.05) is 20.1 Å². The van der Waals surface area contributed by atoms with Crippen molar-refractivity contribution in [1.29, 1.82) is 0 Å². The molecule has 1 rings (SSSR count). The molecule has 0 aliphatic rings. The fourth-order valence-electron chi connectivity index (χ4n) is 1.69. The maximum atomic E-state index is 12.0. The Hall–Kier alpha value is -2.04. The predicted octanol–water partition coefficient (Wildman–Crippen LogP) is 2.33. The van der Waals surface area contributed by atoms with Gasteiger partial charge in [0.1, 0.15) is 0 Å². The minimum absolute atomic E-state index is 0.122. The normalized spacial score (nSPS) is 13.3. The van der Waals surface area contributed by atoms with Crippen molar-refractivity contribution in [3.63, 3.8) is 0 Å². The molecule has 0 spiro atoms. The Morgan fingerprint density at radius 3 is 2.40 bits per heavy atom. The van der Waals surface area contributed by atoms with Gasteiger partial charge in [-0.1, -0.05) is 37.3 Å². The van der Waals surface area contributed by atoms with Crippen molar-refractivity contribution in [1.82, 2.24) is 10.2 Å². The second-order valence-corrected chi connectivity index (χ2v) is 5.22. The van der Waals surface area contributed by atoms with Gasteiger partial charge in [0.25, 0.3) is 0 Å². The second kappa shape index (κ2) is 6.93. The number of carbonyl (C=O) groups is 2. The second-order valence-electron chi connectivity index (χ2n) is 5.22. The SMILES string of the molecule is CCC(C)(CNC(=O)N(C)Cc1ccccc1)C(=O)O. The highest BCUT2D eigenvalue weighted by molar-refractivity contribution is 5.77. The summed E-state index contributed by atoms with van der Waals surface area (Å²) in [6.07, 6.45) is 0.463. The van der Waals surface area contributed by atoms with Gasteiger partial charge in [0.15, 0.2) is 0 Å². The lowest BCUT2D eigenvalue weighted by atomic mass is 9.88. The maximum Gasteiger partial charge on any atom is 0.317 e. The standard InChI is InChI=1S/C15H22N2O3/c1-4-15(2,13(18)19)11-16-14(20)17(3)10-12-8-6-5-7-9-12/h5-9H,4,10-11H2,1-3H3,(H,16,20)(H,18,19). The topological polar surface area (TPSA) is 69.6 Å². The number of urea groups is 1. The highest BCUT2D eigenvalue weighted by atomic mass is 16.4. The van der Waals surface area contributed by atoms with Gasteiger partial charge in [-0.2, -0.15) is 0 Å². The van der Waals surface area contributed by atoms with E-state index in [0.29, 0.717) is 13.0 Å². The van der Waals surface area contributed by atoms with E-state index in [2.05, 4.69) is 5.32 Å². The Morgan fingerprint density at radius 1 is 1.30 bits per heavy atom. The first-order chi connectivity index (χ1) is 9.39. The Balaban J connectivity index is 2.52. The summed E-state index contributed by atoms with van der Waals surface area (Å²) < 4.78 is 0. The molecule has 1 aromatic carbocycles. The maximum absolute atomic E-state index is 12.0. The molecule has 2 N–H and O–H groups in total. The number of nitrogens with one attached hydrogen (secondary N) is 1. The molecule has 1 atom stereocenters. The Labute approximate surface area is 119 Å². The zero-order chi connectivity index (χ0) is 15.2. The molecule has 1 unspecified atom stereocenters. The molecule has 0 saturated carbocycles. The molecule has 5 heteroatoms. The number of rotatable bonds is 6. The van der Waals surface area contributed by atoms with Crippen LogP contribution in [0, 0.1) is 5.41 Å². The van der Waals surface area contributed by atoms with Gasteiger partial charge >= 0.3 is 12.0 Å². The van der Waals surface area contributed by atoms with Crippen LogP contribution in [0.4, 0.5) is 4.79 Å². The average molecular weight is 278 g/mol. The molecule has 110 valence electrons. The van der Waals surface area contributed by atoms with Crippen molar-refractivity contribution in [2.45, 2.75) is 26.8 Å². The molecular formula is C15H22N2O3. The summed E-state index contributed by atoms with van der Waals surface area (Å²) in [5.41, 5.74) is 0.102. The summed E-state index contributed by atoms with van der Waals surface area (Å²) in [5.74, 6) is -0.897. The van der Waals surface area contributed by atoms with Gasteiger partial charge in [-0.05, 0) is 18.9 Å². The third kappa shape index (κ3) is 4.26. The van der Waals surface area contributed by atoms with Gasteiger partial charge in [-0.15, -0.1) is 0 Å². The number of hydrogen-bond donors (Lipinski definition) is 2. The Kier molecular flexibility index (Phi) is 5.55. The first-order valence-corrected chi connectivity index (χ1v) is 6.65. The molecule has 2 amide bonds. The third-order valence-corrected chi connectivity index (χ3v) is 3.54. The summed E-state index contributed by atoms with van der Waals surface area (Å²) in [6, 6.07) is 9.37. The van der Waals surface area contributed by atoms with Gasteiger partial charge in [0.2, 0.25) is 0 Å². The smallest absolute Gasteiger partial charge is 0.317 e. The number of amides is 2. The van der Waals surface area contributed by atoms with Crippen LogP contribution >= 0.6 is 0 Å². The third-order valence-electron chi connectivity index (χ3n) is 3.54. The molecule has 0 aliphatic carbocycles. The largest absolute Gasteiger partial charge is 0.481 e. The molecular weight excluding hydrogens is 256 g/mol. The van der Waals surface area contributed by atoms with Crippen molar-refractivity contribution in [3.8, 4) is 0 Å². The number of carbonyl (C=O) groups excluding carboxylic acids is 1. The van der Waals surface area contributed by atoms with Crippen LogP contribution in [0.3, 0.4) is 0 Å². The van der Waals surface area contributed by atoms with E-state index in [-0.39, 0.29) is 12.6 Å². The fourth-order valence-corrected chi connectivity index (χ4v) is 1.69. The van der Waals surface area contributed by atoms with E-state index in [9.17, 15) is 9.59 Å². The minimum Gasteiger partial charge on any atom is -0.481 e. The van der Waals surface area contributed by atoms with Crippen LogP contribution < -0.4 is 5.32 Å². The van der Waals surface area contributed by atoms with Crippen molar-refractivity contribution in [2.75, 3.05) is 13.6 Å². The number of aliphatic carboxylic acids is 1. The predicted molar refractivity (Wildman–Crippen MR) is 77.3 cm³/mol. The number of hydrogen-bond acceptors (Lipinski definition) is 2. The van der Waals surface area contributed by atoms with E-state index < -0.39 is 11.4 Å². The van der Waals surface area contributed by atoms with Crippen LogP contribution in [0.5, 0.6) is 0 Å². The Bertz CT molecular complexity index is 461. The van der Waals surface area contributed by atoms with Crippen molar-refractivity contribution in [3.05, 3.63) is 35.9 Å². The summed E-state index contributed by atoms with van der Waals surface area (Å²) in [7, 11) is 1.69.